The zero-order chi connectivity index (χ0) is 7.56. The topological polar surface area (TPSA) is 46.3 Å². The highest BCUT2D eigenvalue weighted by Gasteiger charge is 2.10. The van der Waals surface area contributed by atoms with Crippen LogP contribution in [0.3, 0.4) is 0 Å². The number of halogens is 2. The lowest BCUT2D eigenvalue weighted by atomic mass is 10.3. The van der Waals surface area contributed by atoms with Gasteiger partial charge in [0.05, 0.1) is 0 Å². The molecule has 0 radical (unpaired) electrons. The molecule has 0 aliphatic rings. The summed E-state index contributed by atoms with van der Waals surface area (Å²) >= 11 is 6.21. The highest BCUT2D eigenvalue weighted by atomic mass is 79.9. The van der Waals surface area contributed by atoms with Gasteiger partial charge in [-0.1, -0.05) is 21.1 Å². The summed E-state index contributed by atoms with van der Waals surface area (Å²) in [4.78, 5) is 0. The normalized spacial score (nSPS) is 13.5. The van der Waals surface area contributed by atoms with Crippen molar-refractivity contribution in [2.45, 2.75) is 6.10 Å². The number of alkyl halides is 1. The van der Waals surface area contributed by atoms with Crippen molar-refractivity contribution in [2.24, 2.45) is 0 Å². The number of aliphatic hydroxyl groups is 1. The van der Waals surface area contributed by atoms with Gasteiger partial charge in [0.2, 0.25) is 0 Å². The summed E-state index contributed by atoms with van der Waals surface area (Å²) in [5.41, 5.74) is 0. The molecule has 1 aromatic rings. The molecule has 1 aromatic heterocycles. The summed E-state index contributed by atoms with van der Waals surface area (Å²) in [6, 6.07) is 1.63. The molecule has 1 heterocycles. The molecular formula is C5H5Br2NO2. The molecule has 0 bridgehead atoms. The molecule has 1 unspecified atom stereocenters. The van der Waals surface area contributed by atoms with E-state index in [0.29, 0.717) is 15.7 Å². The molecule has 0 saturated heterocycles. The molecule has 0 aromatic carbocycles. The first-order valence-corrected chi connectivity index (χ1v) is 4.51. The van der Waals surface area contributed by atoms with Crippen molar-refractivity contribution in [3.63, 3.8) is 0 Å². The van der Waals surface area contributed by atoms with Gasteiger partial charge in [-0.15, -0.1) is 0 Å². The molecule has 0 aliphatic heterocycles. The van der Waals surface area contributed by atoms with Crippen LogP contribution in [0, 0.1) is 0 Å². The van der Waals surface area contributed by atoms with Gasteiger partial charge in [0.1, 0.15) is 10.7 Å². The third kappa shape index (κ3) is 1.81. The maximum Gasteiger partial charge on any atom is 0.167 e. The Bertz CT molecular complexity index is 213. The SMILES string of the molecule is OC(CBr)c1cc(Br)no1. The monoisotopic (exact) mass is 269 g/mol. The second-order valence-corrected chi connectivity index (χ2v) is 3.18. The van der Waals surface area contributed by atoms with Crippen molar-refractivity contribution in [1.29, 1.82) is 0 Å². The molecular weight excluding hydrogens is 266 g/mol. The second kappa shape index (κ2) is 3.50. The molecule has 0 aliphatic carbocycles. The van der Waals surface area contributed by atoms with Gasteiger partial charge in [-0.3, -0.25) is 0 Å². The van der Waals surface area contributed by atoms with Crippen LogP contribution in [0.2, 0.25) is 0 Å². The minimum Gasteiger partial charge on any atom is -0.384 e. The Hall–Kier alpha value is 0.130. The van der Waals surface area contributed by atoms with E-state index in [1.165, 1.54) is 0 Å². The van der Waals surface area contributed by atoms with E-state index in [1.807, 2.05) is 0 Å². The standard InChI is InChI=1S/C5H5Br2NO2/c6-2-3(9)4-1-5(7)8-10-4/h1,3,9H,2H2. The van der Waals surface area contributed by atoms with Gasteiger partial charge in [-0.05, 0) is 15.9 Å². The largest absolute Gasteiger partial charge is 0.384 e. The predicted molar refractivity (Wildman–Crippen MR) is 43.0 cm³/mol. The van der Waals surface area contributed by atoms with E-state index >= 15 is 0 Å². The van der Waals surface area contributed by atoms with Crippen molar-refractivity contribution in [2.75, 3.05) is 5.33 Å². The molecule has 5 heteroatoms. The van der Waals surface area contributed by atoms with E-state index in [4.69, 9.17) is 9.63 Å². The fourth-order valence-electron chi connectivity index (χ4n) is 0.499. The van der Waals surface area contributed by atoms with E-state index < -0.39 is 6.10 Å². The van der Waals surface area contributed by atoms with Crippen LogP contribution in [0.4, 0.5) is 0 Å². The van der Waals surface area contributed by atoms with Crippen LogP contribution in [-0.2, 0) is 0 Å². The lowest BCUT2D eigenvalue weighted by Crippen LogP contribution is -1.94. The molecule has 10 heavy (non-hydrogen) atoms. The Morgan fingerprint density at radius 1 is 1.80 bits per heavy atom. The molecule has 56 valence electrons. The van der Waals surface area contributed by atoms with Crippen molar-refractivity contribution in [1.82, 2.24) is 5.16 Å². The van der Waals surface area contributed by atoms with E-state index in [-0.39, 0.29) is 0 Å². The Balaban J connectivity index is 2.74. The Kier molecular flexibility index (Phi) is 2.88. The van der Waals surface area contributed by atoms with Crippen LogP contribution in [0.25, 0.3) is 0 Å². The second-order valence-electron chi connectivity index (χ2n) is 1.72. The van der Waals surface area contributed by atoms with Crippen LogP contribution in [0.1, 0.15) is 11.9 Å². The van der Waals surface area contributed by atoms with Gasteiger partial charge in [0.15, 0.2) is 5.76 Å². The average molecular weight is 271 g/mol. The van der Waals surface area contributed by atoms with E-state index in [0.717, 1.165) is 0 Å². The minimum absolute atomic E-state index is 0.453. The summed E-state index contributed by atoms with van der Waals surface area (Å²) in [5, 5.41) is 13.1. The summed E-state index contributed by atoms with van der Waals surface area (Å²) in [6.45, 7) is 0. The van der Waals surface area contributed by atoms with Crippen molar-refractivity contribution >= 4 is 31.9 Å². The summed E-state index contributed by atoms with van der Waals surface area (Å²) in [7, 11) is 0. The highest BCUT2D eigenvalue weighted by molar-refractivity contribution is 9.10. The Morgan fingerprint density at radius 2 is 2.50 bits per heavy atom. The minimum atomic E-state index is -0.612. The van der Waals surface area contributed by atoms with Gasteiger partial charge < -0.3 is 9.63 Å². The van der Waals surface area contributed by atoms with Gasteiger partial charge in [0, 0.05) is 11.4 Å². The van der Waals surface area contributed by atoms with Crippen LogP contribution < -0.4 is 0 Å². The fourth-order valence-corrected chi connectivity index (χ4v) is 1.12. The van der Waals surface area contributed by atoms with Gasteiger partial charge >= 0.3 is 0 Å². The van der Waals surface area contributed by atoms with E-state index in [1.54, 1.807) is 6.07 Å². The fraction of sp³-hybridized carbons (Fsp3) is 0.400. The maximum absolute atomic E-state index is 9.14. The zero-order valence-corrected chi connectivity index (χ0v) is 8.09. The Labute approximate surface area is 74.7 Å². The highest BCUT2D eigenvalue weighted by Crippen LogP contribution is 2.18. The van der Waals surface area contributed by atoms with Crippen molar-refractivity contribution in [3.05, 3.63) is 16.4 Å². The molecule has 1 atom stereocenters. The Morgan fingerprint density at radius 3 is 2.90 bits per heavy atom. The van der Waals surface area contributed by atoms with Crippen LogP contribution in [0.15, 0.2) is 15.2 Å². The number of hydrogen-bond donors (Lipinski definition) is 1. The maximum atomic E-state index is 9.14. The molecule has 0 fully saturated rings. The van der Waals surface area contributed by atoms with Crippen LogP contribution in [0.5, 0.6) is 0 Å². The first kappa shape index (κ1) is 8.23. The lowest BCUT2D eigenvalue weighted by molar-refractivity contribution is 0.163. The smallest absolute Gasteiger partial charge is 0.167 e. The molecule has 1 rings (SSSR count). The van der Waals surface area contributed by atoms with Gasteiger partial charge in [-0.25, -0.2) is 0 Å². The van der Waals surface area contributed by atoms with Crippen molar-refractivity contribution in [3.8, 4) is 0 Å². The zero-order valence-electron chi connectivity index (χ0n) is 4.92. The summed E-state index contributed by atoms with van der Waals surface area (Å²) in [5.74, 6) is 0.462. The van der Waals surface area contributed by atoms with Gasteiger partial charge in [-0.2, -0.15) is 0 Å². The van der Waals surface area contributed by atoms with Crippen molar-refractivity contribution < 1.29 is 9.63 Å². The van der Waals surface area contributed by atoms with Crippen LogP contribution in [-0.4, -0.2) is 15.6 Å². The molecule has 0 spiro atoms. The van der Waals surface area contributed by atoms with E-state index in [2.05, 4.69) is 37.0 Å². The van der Waals surface area contributed by atoms with Gasteiger partial charge in [0.25, 0.3) is 0 Å². The third-order valence-corrected chi connectivity index (χ3v) is 1.96. The third-order valence-electron chi connectivity index (χ3n) is 0.974. The first-order valence-electron chi connectivity index (χ1n) is 2.60. The van der Waals surface area contributed by atoms with Crippen LogP contribution >= 0.6 is 31.9 Å². The molecule has 0 amide bonds. The first-order chi connectivity index (χ1) is 4.74. The number of aromatic nitrogens is 1. The number of aliphatic hydroxyl groups excluding tert-OH is 1. The number of nitrogens with zero attached hydrogens (tertiary/aromatic N) is 1. The predicted octanol–water partition coefficient (Wildman–Crippen LogP) is 1.87. The quantitative estimate of drug-likeness (QED) is 0.835. The molecule has 0 saturated carbocycles. The summed E-state index contributed by atoms with van der Waals surface area (Å²) < 4.78 is 5.34. The number of hydrogen-bond acceptors (Lipinski definition) is 3. The summed E-state index contributed by atoms with van der Waals surface area (Å²) in [6.07, 6.45) is -0.612. The average Bonchev–Trinajstić information content (AvgIpc) is 2.34. The molecule has 1 N–H and O–H groups in total. The lowest BCUT2D eigenvalue weighted by Gasteiger charge is -1.97. The number of rotatable bonds is 2. The van der Waals surface area contributed by atoms with E-state index in [9.17, 15) is 0 Å². The molecule has 3 nitrogen and oxygen atoms in total.